The van der Waals surface area contributed by atoms with Crippen LogP contribution in [-0.2, 0) is 19.1 Å². The maximum atomic E-state index is 14.4. The number of thioether (sulfide) groups is 1. The number of aliphatic hydroxyl groups is 1. The van der Waals surface area contributed by atoms with E-state index in [1.807, 2.05) is 30.3 Å². The molecule has 0 aliphatic carbocycles. The summed E-state index contributed by atoms with van der Waals surface area (Å²) < 4.78 is 4.92. The van der Waals surface area contributed by atoms with E-state index in [4.69, 9.17) is 4.74 Å². The molecule has 38 heavy (non-hydrogen) atoms. The first kappa shape index (κ1) is 28.4. The molecule has 8 heteroatoms. The molecule has 3 aliphatic heterocycles. The number of nitrogens with zero attached hydrogens (tertiary/aromatic N) is 2. The minimum absolute atomic E-state index is 0.0545. The van der Waals surface area contributed by atoms with Gasteiger partial charge in [0.2, 0.25) is 11.8 Å². The van der Waals surface area contributed by atoms with E-state index in [-0.39, 0.29) is 36.2 Å². The lowest BCUT2D eigenvalue weighted by molar-refractivity contribution is -0.154. The van der Waals surface area contributed by atoms with E-state index in [9.17, 15) is 19.5 Å². The number of aliphatic hydroxyl groups excluding tert-OH is 1. The number of unbranched alkanes of at least 4 members (excludes halogenated alkanes) is 2. The molecule has 3 aliphatic rings. The van der Waals surface area contributed by atoms with Crippen molar-refractivity contribution in [2.24, 2.45) is 11.8 Å². The molecule has 2 amide bonds. The number of hydrogen-bond acceptors (Lipinski definition) is 6. The fourth-order valence-electron chi connectivity index (χ4n) is 6.47. The number of ether oxygens (including phenoxy) is 1. The summed E-state index contributed by atoms with van der Waals surface area (Å²) in [6, 6.07) is 7.90. The third kappa shape index (κ3) is 5.05. The molecular formula is C30H40N2O5S. The van der Waals surface area contributed by atoms with Gasteiger partial charge in [0.15, 0.2) is 0 Å². The summed E-state index contributed by atoms with van der Waals surface area (Å²) >= 11 is 1.62. The molecule has 2 unspecified atom stereocenters. The molecule has 6 atom stereocenters. The van der Waals surface area contributed by atoms with Crippen LogP contribution >= 0.6 is 11.8 Å². The van der Waals surface area contributed by atoms with Crippen molar-refractivity contribution in [2.75, 3.05) is 26.3 Å². The molecule has 7 nitrogen and oxygen atoms in total. The van der Waals surface area contributed by atoms with Crippen molar-refractivity contribution in [1.29, 1.82) is 0 Å². The van der Waals surface area contributed by atoms with Gasteiger partial charge in [-0.1, -0.05) is 55.8 Å². The molecule has 1 aromatic rings. The number of allylic oxidation sites excluding steroid dienone is 1. The number of rotatable bonds is 14. The van der Waals surface area contributed by atoms with Gasteiger partial charge in [-0.3, -0.25) is 14.4 Å². The van der Waals surface area contributed by atoms with Crippen molar-refractivity contribution < 1.29 is 24.2 Å². The molecule has 1 aromatic carbocycles. The van der Waals surface area contributed by atoms with Gasteiger partial charge < -0.3 is 19.6 Å². The van der Waals surface area contributed by atoms with Crippen LogP contribution in [0.2, 0.25) is 0 Å². The normalized spacial score (nSPS) is 28.2. The highest BCUT2D eigenvalue weighted by Gasteiger charge is 2.74. The van der Waals surface area contributed by atoms with Crippen LogP contribution in [0, 0.1) is 11.8 Å². The van der Waals surface area contributed by atoms with Crippen molar-refractivity contribution in [1.82, 2.24) is 9.80 Å². The summed E-state index contributed by atoms with van der Waals surface area (Å²) in [4.78, 5) is 45.4. The van der Waals surface area contributed by atoms with Gasteiger partial charge >= 0.3 is 5.97 Å². The zero-order chi connectivity index (χ0) is 27.3. The van der Waals surface area contributed by atoms with Crippen LogP contribution in [0.4, 0.5) is 0 Å². The third-order valence-electron chi connectivity index (χ3n) is 8.18. The first-order valence-electron chi connectivity index (χ1n) is 13.8. The van der Waals surface area contributed by atoms with Gasteiger partial charge in [0.1, 0.15) is 6.04 Å². The Labute approximate surface area is 230 Å². The number of esters is 1. The Morgan fingerprint density at radius 3 is 2.68 bits per heavy atom. The monoisotopic (exact) mass is 540 g/mol. The van der Waals surface area contributed by atoms with E-state index in [0.717, 1.165) is 31.2 Å². The first-order chi connectivity index (χ1) is 18.4. The van der Waals surface area contributed by atoms with Crippen LogP contribution in [0.15, 0.2) is 55.6 Å². The van der Waals surface area contributed by atoms with Crippen LogP contribution in [0.25, 0.3) is 0 Å². The van der Waals surface area contributed by atoms with Crippen molar-refractivity contribution in [3.63, 3.8) is 0 Å². The Morgan fingerprint density at radius 1 is 1.26 bits per heavy atom. The average Bonchev–Trinajstić information content (AvgIpc) is 3.57. The van der Waals surface area contributed by atoms with Gasteiger partial charge in [-0.25, -0.2) is 0 Å². The average molecular weight is 541 g/mol. The van der Waals surface area contributed by atoms with Gasteiger partial charge in [0, 0.05) is 18.3 Å². The Morgan fingerprint density at radius 2 is 2.03 bits per heavy atom. The molecule has 0 radical (unpaired) electrons. The number of benzene rings is 1. The van der Waals surface area contributed by atoms with Gasteiger partial charge in [-0.05, 0) is 37.7 Å². The molecule has 0 aromatic heterocycles. The number of fused-ring (bicyclic) bond motifs is 1. The summed E-state index contributed by atoms with van der Waals surface area (Å²) in [6.07, 6.45) is 8.14. The fraction of sp³-hybridized carbons (Fsp3) is 0.567. The summed E-state index contributed by atoms with van der Waals surface area (Å²) in [5.74, 6) is -1.96. The lowest BCUT2D eigenvalue weighted by atomic mass is 9.71. The number of carbonyl (C=O) groups excluding carboxylic acids is 3. The highest BCUT2D eigenvalue weighted by atomic mass is 32.2. The van der Waals surface area contributed by atoms with Gasteiger partial charge in [0.25, 0.3) is 0 Å². The fourth-order valence-corrected chi connectivity index (χ4v) is 8.66. The van der Waals surface area contributed by atoms with Crippen molar-refractivity contribution in [3.8, 4) is 0 Å². The topological polar surface area (TPSA) is 87.2 Å². The standard InChI is InChI=1S/C30H40N2O5S/c1-4-7-12-19-37-29(36)24-23-15-16-30(38-23)25(24)27(34)32(22(20-33)21-13-10-9-11-14-21)26(30)28(35)31(17-6-3)18-8-5-2/h4,6,9-11,13-14,22-26,33H,1,3,5,7-8,12,15-20H2,2H3/t22-,23+,24-,25+,26?,30?/m1/s1. The zero-order valence-electron chi connectivity index (χ0n) is 22.3. The van der Waals surface area contributed by atoms with E-state index >= 15 is 0 Å². The lowest BCUT2D eigenvalue weighted by Crippen LogP contribution is -2.55. The van der Waals surface area contributed by atoms with Crippen LogP contribution in [0.1, 0.15) is 57.1 Å². The molecule has 1 N–H and O–H groups in total. The van der Waals surface area contributed by atoms with Crippen molar-refractivity contribution >= 4 is 29.5 Å². The quantitative estimate of drug-likeness (QED) is 0.217. The second kappa shape index (κ2) is 12.5. The number of carbonyl (C=O) groups is 3. The second-order valence-electron chi connectivity index (χ2n) is 10.4. The molecule has 2 bridgehead atoms. The maximum absolute atomic E-state index is 14.4. The number of likely N-dealkylation sites (tertiary alicyclic amines) is 1. The third-order valence-corrected chi connectivity index (χ3v) is 10.1. The van der Waals surface area contributed by atoms with E-state index in [1.54, 1.807) is 33.7 Å². The molecule has 4 rings (SSSR count). The Hall–Kier alpha value is -2.58. The van der Waals surface area contributed by atoms with Crippen molar-refractivity contribution in [3.05, 3.63) is 61.2 Å². The van der Waals surface area contributed by atoms with E-state index in [2.05, 4.69) is 20.1 Å². The number of hydrogen-bond donors (Lipinski definition) is 1. The Kier molecular flexibility index (Phi) is 9.36. The highest BCUT2D eigenvalue weighted by Crippen LogP contribution is 2.67. The van der Waals surface area contributed by atoms with E-state index in [0.29, 0.717) is 25.9 Å². The summed E-state index contributed by atoms with van der Waals surface area (Å²) in [7, 11) is 0. The Bertz CT molecular complexity index is 1030. The first-order valence-corrected chi connectivity index (χ1v) is 14.7. The summed E-state index contributed by atoms with van der Waals surface area (Å²) in [6.45, 7) is 10.6. The lowest BCUT2D eigenvalue weighted by Gasteiger charge is -2.39. The molecule has 206 valence electrons. The molecule has 3 heterocycles. The molecule has 1 spiro atoms. The SMILES string of the molecule is C=CCCCOC(=O)[C@@H]1[C@@H]2CCC3(S2)C(C(=O)N(CC=C)CCCC)N([C@H](CO)c2ccccc2)C(=O)[C@H]13. The van der Waals surface area contributed by atoms with Gasteiger partial charge in [-0.2, -0.15) is 0 Å². The summed E-state index contributed by atoms with van der Waals surface area (Å²) in [5.41, 5.74) is 0.768. The van der Waals surface area contributed by atoms with Crippen molar-refractivity contribution in [2.45, 2.75) is 67.5 Å². The second-order valence-corrected chi connectivity index (χ2v) is 12.0. The molecule has 3 fully saturated rings. The van der Waals surface area contributed by atoms with E-state index in [1.165, 1.54) is 0 Å². The van der Waals surface area contributed by atoms with Crippen LogP contribution in [0.5, 0.6) is 0 Å². The minimum atomic E-state index is -0.775. The van der Waals surface area contributed by atoms with Crippen LogP contribution < -0.4 is 0 Å². The van der Waals surface area contributed by atoms with Gasteiger partial charge in [0.05, 0.1) is 35.8 Å². The maximum Gasteiger partial charge on any atom is 0.310 e. The molecular weight excluding hydrogens is 500 g/mol. The minimum Gasteiger partial charge on any atom is -0.465 e. The van der Waals surface area contributed by atoms with Gasteiger partial charge in [-0.15, -0.1) is 24.9 Å². The predicted molar refractivity (Wildman–Crippen MR) is 149 cm³/mol. The Balaban J connectivity index is 1.74. The number of amides is 2. The zero-order valence-corrected chi connectivity index (χ0v) is 23.1. The summed E-state index contributed by atoms with van der Waals surface area (Å²) in [5, 5.41) is 10.5. The highest BCUT2D eigenvalue weighted by molar-refractivity contribution is 8.02. The van der Waals surface area contributed by atoms with Crippen LogP contribution in [-0.4, -0.2) is 75.0 Å². The smallest absolute Gasteiger partial charge is 0.310 e. The van der Waals surface area contributed by atoms with E-state index < -0.39 is 28.7 Å². The largest absolute Gasteiger partial charge is 0.465 e. The molecule has 0 saturated carbocycles. The van der Waals surface area contributed by atoms with Crippen LogP contribution in [0.3, 0.4) is 0 Å². The predicted octanol–water partition coefficient (Wildman–Crippen LogP) is 4.14. The molecule has 3 saturated heterocycles.